The lowest BCUT2D eigenvalue weighted by Crippen LogP contribution is -2.26. The molecule has 0 bridgehead atoms. The van der Waals surface area contributed by atoms with Crippen molar-refractivity contribution >= 4 is 17.7 Å². The molecule has 0 saturated heterocycles. The van der Waals surface area contributed by atoms with Crippen molar-refractivity contribution in [3.05, 3.63) is 78.0 Å². The molecule has 3 rings (SSSR count). The van der Waals surface area contributed by atoms with Gasteiger partial charge in [-0.15, -0.1) is 0 Å². The van der Waals surface area contributed by atoms with Crippen molar-refractivity contribution in [1.29, 1.82) is 0 Å². The Kier molecular flexibility index (Phi) is 6.55. The van der Waals surface area contributed by atoms with Gasteiger partial charge in [0.2, 0.25) is 0 Å². The second-order valence-corrected chi connectivity index (χ2v) is 7.18. The van der Waals surface area contributed by atoms with E-state index in [2.05, 4.69) is 4.98 Å². The Morgan fingerprint density at radius 2 is 1.75 bits per heavy atom. The zero-order valence-corrected chi connectivity index (χ0v) is 16.9. The summed E-state index contributed by atoms with van der Waals surface area (Å²) in [5.74, 6) is 1.22. The molecular formula is C22H22N2O3S. The van der Waals surface area contributed by atoms with Crippen LogP contribution >= 0.6 is 11.8 Å². The van der Waals surface area contributed by atoms with Crippen LogP contribution in [-0.2, 0) is 6.54 Å². The largest absolute Gasteiger partial charge is 0.493 e. The molecule has 0 unspecified atom stereocenters. The third-order valence-electron chi connectivity index (χ3n) is 4.17. The Bertz CT molecular complexity index is 948. The maximum atomic E-state index is 13.1. The highest BCUT2D eigenvalue weighted by atomic mass is 32.2. The van der Waals surface area contributed by atoms with Gasteiger partial charge in [0.1, 0.15) is 5.03 Å². The summed E-state index contributed by atoms with van der Waals surface area (Å²) in [6, 6.07) is 19.1. The van der Waals surface area contributed by atoms with Crippen LogP contribution in [-0.4, -0.2) is 37.1 Å². The molecule has 144 valence electrons. The molecule has 1 aromatic heterocycles. The lowest BCUT2D eigenvalue weighted by Gasteiger charge is -2.19. The van der Waals surface area contributed by atoms with Crippen LogP contribution in [0.5, 0.6) is 11.5 Å². The fourth-order valence-electron chi connectivity index (χ4n) is 2.77. The minimum Gasteiger partial charge on any atom is -0.493 e. The van der Waals surface area contributed by atoms with Gasteiger partial charge < -0.3 is 14.4 Å². The predicted molar refractivity (Wildman–Crippen MR) is 110 cm³/mol. The first-order valence-electron chi connectivity index (χ1n) is 8.76. The van der Waals surface area contributed by atoms with Crippen LogP contribution in [0.2, 0.25) is 0 Å². The van der Waals surface area contributed by atoms with Crippen LogP contribution in [0.1, 0.15) is 15.9 Å². The standard InChI is InChI=1S/C22H22N2O3S/c1-24(15-16-11-12-19(26-2)20(14-16)27-3)22(25)18-10-7-13-23-21(18)28-17-8-5-4-6-9-17/h4-14H,15H2,1-3H3. The number of rotatable bonds is 7. The molecule has 0 aliphatic rings. The van der Waals surface area contributed by atoms with Crippen molar-refractivity contribution in [1.82, 2.24) is 9.88 Å². The van der Waals surface area contributed by atoms with Crippen LogP contribution in [0.15, 0.2) is 76.8 Å². The third kappa shape index (κ3) is 4.64. The molecule has 3 aromatic rings. The summed E-state index contributed by atoms with van der Waals surface area (Å²) >= 11 is 1.48. The first-order valence-corrected chi connectivity index (χ1v) is 9.58. The maximum Gasteiger partial charge on any atom is 0.256 e. The van der Waals surface area contributed by atoms with Crippen molar-refractivity contribution < 1.29 is 14.3 Å². The summed E-state index contributed by atoms with van der Waals surface area (Å²) in [4.78, 5) is 20.2. The van der Waals surface area contributed by atoms with Crippen LogP contribution in [0.25, 0.3) is 0 Å². The molecule has 0 aliphatic carbocycles. The van der Waals surface area contributed by atoms with Crippen molar-refractivity contribution in [2.45, 2.75) is 16.5 Å². The Hall–Kier alpha value is -2.99. The van der Waals surface area contributed by atoms with Gasteiger partial charge in [-0.3, -0.25) is 4.79 Å². The number of carbonyl (C=O) groups excluding carboxylic acids is 1. The van der Waals surface area contributed by atoms with Crippen LogP contribution in [0.4, 0.5) is 0 Å². The van der Waals surface area contributed by atoms with E-state index >= 15 is 0 Å². The normalized spacial score (nSPS) is 10.4. The molecule has 0 N–H and O–H groups in total. The van der Waals surface area contributed by atoms with Gasteiger partial charge in [-0.2, -0.15) is 0 Å². The summed E-state index contributed by atoms with van der Waals surface area (Å²) in [6.45, 7) is 0.448. The lowest BCUT2D eigenvalue weighted by molar-refractivity contribution is 0.0780. The highest BCUT2D eigenvalue weighted by Gasteiger charge is 2.18. The second kappa shape index (κ2) is 9.28. The molecular weight excluding hydrogens is 372 g/mol. The lowest BCUT2D eigenvalue weighted by atomic mass is 10.1. The molecule has 5 nitrogen and oxygen atoms in total. The van der Waals surface area contributed by atoms with Gasteiger partial charge in [-0.05, 0) is 42.0 Å². The number of benzene rings is 2. The van der Waals surface area contributed by atoms with Gasteiger partial charge in [-0.1, -0.05) is 36.0 Å². The quantitative estimate of drug-likeness (QED) is 0.590. The first-order chi connectivity index (χ1) is 13.6. The summed E-state index contributed by atoms with van der Waals surface area (Å²) in [7, 11) is 4.98. The molecule has 6 heteroatoms. The van der Waals surface area contributed by atoms with E-state index in [9.17, 15) is 4.79 Å². The van der Waals surface area contributed by atoms with Gasteiger partial charge in [0, 0.05) is 24.7 Å². The Balaban J connectivity index is 1.78. The molecule has 28 heavy (non-hydrogen) atoms. The van der Waals surface area contributed by atoms with Crippen LogP contribution in [0, 0.1) is 0 Å². The number of carbonyl (C=O) groups is 1. The van der Waals surface area contributed by atoms with Crippen LogP contribution < -0.4 is 9.47 Å². The van der Waals surface area contributed by atoms with Gasteiger partial charge in [0.05, 0.1) is 19.8 Å². The Morgan fingerprint density at radius 3 is 2.46 bits per heavy atom. The zero-order chi connectivity index (χ0) is 19.9. The van der Waals surface area contributed by atoms with Gasteiger partial charge in [-0.25, -0.2) is 4.98 Å². The minimum atomic E-state index is -0.0821. The van der Waals surface area contributed by atoms with E-state index in [4.69, 9.17) is 9.47 Å². The molecule has 0 saturated carbocycles. The SMILES string of the molecule is COc1ccc(CN(C)C(=O)c2cccnc2Sc2ccccc2)cc1OC. The Morgan fingerprint density at radius 1 is 1.00 bits per heavy atom. The molecule has 0 radical (unpaired) electrons. The highest BCUT2D eigenvalue weighted by Crippen LogP contribution is 2.30. The maximum absolute atomic E-state index is 13.1. The van der Waals surface area contributed by atoms with E-state index in [1.165, 1.54) is 11.8 Å². The van der Waals surface area contributed by atoms with Gasteiger partial charge >= 0.3 is 0 Å². The summed E-state index contributed by atoms with van der Waals surface area (Å²) in [5.41, 5.74) is 1.54. The smallest absolute Gasteiger partial charge is 0.256 e. The highest BCUT2D eigenvalue weighted by molar-refractivity contribution is 7.99. The Labute approximate surface area is 169 Å². The molecule has 2 aromatic carbocycles. The van der Waals surface area contributed by atoms with E-state index in [0.29, 0.717) is 28.6 Å². The number of methoxy groups -OCH3 is 2. The molecule has 0 fully saturated rings. The van der Waals surface area contributed by atoms with Crippen molar-refractivity contribution in [2.75, 3.05) is 21.3 Å². The number of nitrogens with zero attached hydrogens (tertiary/aromatic N) is 2. The van der Waals surface area contributed by atoms with E-state index in [-0.39, 0.29) is 5.91 Å². The number of hydrogen-bond acceptors (Lipinski definition) is 5. The van der Waals surface area contributed by atoms with Gasteiger partial charge in [0.15, 0.2) is 11.5 Å². The number of amides is 1. The number of ether oxygens (including phenoxy) is 2. The van der Waals surface area contributed by atoms with Crippen LogP contribution in [0.3, 0.4) is 0 Å². The molecule has 1 amide bonds. The second-order valence-electron chi connectivity index (χ2n) is 6.12. The molecule has 0 atom stereocenters. The summed E-state index contributed by atoms with van der Waals surface area (Å²) < 4.78 is 10.6. The zero-order valence-electron chi connectivity index (χ0n) is 16.1. The minimum absolute atomic E-state index is 0.0821. The van der Waals surface area contributed by atoms with Crippen molar-refractivity contribution in [3.63, 3.8) is 0 Å². The molecule has 0 spiro atoms. The fourth-order valence-corrected chi connectivity index (χ4v) is 3.66. The molecule has 0 aliphatic heterocycles. The van der Waals surface area contributed by atoms with E-state index in [1.54, 1.807) is 38.4 Å². The monoisotopic (exact) mass is 394 g/mol. The molecule has 1 heterocycles. The fraction of sp³-hybridized carbons (Fsp3) is 0.182. The van der Waals surface area contributed by atoms with Gasteiger partial charge in [0.25, 0.3) is 5.91 Å². The average Bonchev–Trinajstić information content (AvgIpc) is 2.74. The van der Waals surface area contributed by atoms with E-state index in [1.807, 2.05) is 54.6 Å². The average molecular weight is 394 g/mol. The topological polar surface area (TPSA) is 51.7 Å². The summed E-state index contributed by atoms with van der Waals surface area (Å²) in [6.07, 6.45) is 1.70. The van der Waals surface area contributed by atoms with Crippen molar-refractivity contribution in [2.24, 2.45) is 0 Å². The number of aromatic nitrogens is 1. The first kappa shape index (κ1) is 19.8. The number of pyridine rings is 1. The summed E-state index contributed by atoms with van der Waals surface area (Å²) in [5, 5.41) is 0.692. The third-order valence-corrected chi connectivity index (χ3v) is 5.20. The van der Waals surface area contributed by atoms with E-state index < -0.39 is 0 Å². The number of hydrogen-bond donors (Lipinski definition) is 0. The van der Waals surface area contributed by atoms with Crippen molar-refractivity contribution in [3.8, 4) is 11.5 Å². The predicted octanol–water partition coefficient (Wildman–Crippen LogP) is 4.52. The van der Waals surface area contributed by atoms with E-state index in [0.717, 1.165) is 10.5 Å².